The lowest BCUT2D eigenvalue weighted by Gasteiger charge is -2.08. The second kappa shape index (κ2) is 6.44. The first kappa shape index (κ1) is 15.6. The first-order valence-corrected chi connectivity index (χ1v) is 8.68. The molecule has 0 unspecified atom stereocenters. The summed E-state index contributed by atoms with van der Waals surface area (Å²) in [5, 5.41) is 16.6. The van der Waals surface area contributed by atoms with Crippen molar-refractivity contribution in [2.24, 2.45) is 0 Å². The number of ketones is 1. The molecule has 7 nitrogen and oxygen atoms in total. The summed E-state index contributed by atoms with van der Waals surface area (Å²) in [6.07, 6.45) is 0.0583. The highest BCUT2D eigenvalue weighted by Gasteiger charge is 2.26. The topological polar surface area (TPSA) is 99.0 Å². The number of aryl methyl sites for hydroxylation is 1. The van der Waals surface area contributed by atoms with Gasteiger partial charge in [0.2, 0.25) is 0 Å². The summed E-state index contributed by atoms with van der Waals surface area (Å²) in [7, 11) is 0. The molecule has 118 valence electrons. The van der Waals surface area contributed by atoms with E-state index in [0.29, 0.717) is 28.9 Å². The van der Waals surface area contributed by atoms with E-state index in [4.69, 9.17) is 0 Å². The number of hydrogen-bond donors (Lipinski definition) is 1. The van der Waals surface area contributed by atoms with Crippen molar-refractivity contribution in [3.8, 4) is 6.07 Å². The van der Waals surface area contributed by atoms with Gasteiger partial charge < -0.3 is 5.32 Å². The molecule has 0 saturated carbocycles. The number of rotatable bonds is 5. The van der Waals surface area contributed by atoms with Crippen molar-refractivity contribution in [3.63, 3.8) is 0 Å². The molecule has 0 aromatic carbocycles. The molecular weight excluding hydrogens is 334 g/mol. The fraction of sp³-hybridized carbons (Fsp3) is 0.357. The molecule has 2 aromatic heterocycles. The lowest BCUT2D eigenvalue weighted by Crippen LogP contribution is -2.27. The molecule has 0 radical (unpaired) electrons. The van der Waals surface area contributed by atoms with Crippen LogP contribution in [0.4, 0.5) is 9.93 Å². The number of amides is 2. The van der Waals surface area contributed by atoms with Gasteiger partial charge in [0.25, 0.3) is 0 Å². The van der Waals surface area contributed by atoms with E-state index in [1.54, 1.807) is 10.3 Å². The molecule has 1 atom stereocenters. The number of nitrogens with zero attached hydrogens (tertiary/aromatic N) is 4. The molecule has 2 amide bonds. The van der Waals surface area contributed by atoms with Crippen LogP contribution in [0.3, 0.4) is 0 Å². The fourth-order valence-electron chi connectivity index (χ4n) is 2.21. The van der Waals surface area contributed by atoms with E-state index in [1.807, 2.05) is 18.4 Å². The summed E-state index contributed by atoms with van der Waals surface area (Å²) in [5.74, 6) is -1.10. The summed E-state index contributed by atoms with van der Waals surface area (Å²) < 4.78 is 0. The molecular formula is C14H13N5O2S2. The van der Waals surface area contributed by atoms with Crippen molar-refractivity contribution in [2.45, 2.75) is 19.3 Å². The average Bonchev–Trinajstić information content (AvgIpc) is 3.22. The van der Waals surface area contributed by atoms with Gasteiger partial charge in [-0.2, -0.15) is 5.26 Å². The molecule has 3 rings (SSSR count). The minimum Gasteiger partial charge on any atom is -0.336 e. The zero-order chi connectivity index (χ0) is 16.4. The van der Waals surface area contributed by atoms with Gasteiger partial charge in [0, 0.05) is 29.5 Å². The first-order valence-electron chi connectivity index (χ1n) is 6.92. The highest BCUT2D eigenvalue weighted by Crippen LogP contribution is 2.25. The van der Waals surface area contributed by atoms with Crippen molar-refractivity contribution in [2.75, 3.05) is 18.0 Å². The van der Waals surface area contributed by atoms with Gasteiger partial charge in [0.15, 0.2) is 16.8 Å². The third-order valence-corrected chi connectivity index (χ3v) is 5.26. The van der Waals surface area contributed by atoms with E-state index < -0.39 is 5.92 Å². The van der Waals surface area contributed by atoms with Crippen molar-refractivity contribution in [1.82, 2.24) is 15.3 Å². The zero-order valence-corrected chi connectivity index (χ0v) is 13.9. The molecule has 1 saturated heterocycles. The van der Waals surface area contributed by atoms with Crippen LogP contribution in [0.25, 0.3) is 0 Å². The number of carbonyl (C=O) groups is 2. The van der Waals surface area contributed by atoms with Crippen molar-refractivity contribution in [3.05, 3.63) is 27.2 Å². The number of urea groups is 1. The lowest BCUT2D eigenvalue weighted by atomic mass is 10.0. The van der Waals surface area contributed by atoms with Gasteiger partial charge in [-0.3, -0.25) is 9.69 Å². The SMILES string of the molecule is Cc1csc([C@@H](C#N)C(=O)Cc2csc(N3CCNC3=O)n2)n1. The minimum absolute atomic E-state index is 0.0583. The molecule has 0 aliphatic carbocycles. The van der Waals surface area contributed by atoms with Gasteiger partial charge in [0.1, 0.15) is 5.01 Å². The quantitative estimate of drug-likeness (QED) is 0.890. The largest absolute Gasteiger partial charge is 0.336 e. The van der Waals surface area contributed by atoms with Crippen molar-refractivity contribution < 1.29 is 9.59 Å². The number of hydrogen-bond acceptors (Lipinski definition) is 7. The van der Waals surface area contributed by atoms with Crippen molar-refractivity contribution >= 4 is 39.6 Å². The third-order valence-electron chi connectivity index (χ3n) is 3.32. The molecule has 1 aliphatic heterocycles. The molecule has 0 spiro atoms. The maximum absolute atomic E-state index is 12.4. The average molecular weight is 347 g/mol. The number of carbonyl (C=O) groups excluding carboxylic acids is 2. The highest BCUT2D eigenvalue weighted by molar-refractivity contribution is 7.14. The third kappa shape index (κ3) is 3.23. The maximum atomic E-state index is 12.4. The Hall–Kier alpha value is -2.31. The van der Waals surface area contributed by atoms with Gasteiger partial charge in [0.05, 0.1) is 18.2 Å². The Labute approximate surface area is 140 Å². The van der Waals surface area contributed by atoms with E-state index in [9.17, 15) is 14.9 Å². The van der Waals surface area contributed by atoms with Crippen LogP contribution in [0.2, 0.25) is 0 Å². The molecule has 1 aliphatic rings. The highest BCUT2D eigenvalue weighted by atomic mass is 32.1. The molecule has 1 fully saturated rings. The lowest BCUT2D eigenvalue weighted by molar-refractivity contribution is -0.118. The Morgan fingerprint density at radius 2 is 2.30 bits per heavy atom. The number of Topliss-reactive ketones (excluding diaryl/α,β-unsaturated/α-hetero) is 1. The van der Waals surface area contributed by atoms with Gasteiger partial charge in [-0.25, -0.2) is 14.8 Å². The van der Waals surface area contributed by atoms with Crippen LogP contribution in [0.1, 0.15) is 22.3 Å². The summed E-state index contributed by atoms with van der Waals surface area (Å²) >= 11 is 2.63. The predicted molar refractivity (Wildman–Crippen MR) is 86.8 cm³/mol. The van der Waals surface area contributed by atoms with Crippen LogP contribution in [0.5, 0.6) is 0 Å². The summed E-state index contributed by atoms with van der Waals surface area (Å²) in [4.78, 5) is 34.1. The van der Waals surface area contributed by atoms with E-state index in [1.165, 1.54) is 22.7 Å². The number of aromatic nitrogens is 2. The first-order chi connectivity index (χ1) is 11.1. The van der Waals surface area contributed by atoms with E-state index >= 15 is 0 Å². The van der Waals surface area contributed by atoms with Crippen LogP contribution < -0.4 is 10.2 Å². The van der Waals surface area contributed by atoms with Gasteiger partial charge >= 0.3 is 6.03 Å². The molecule has 2 aromatic rings. The van der Waals surface area contributed by atoms with Crippen molar-refractivity contribution in [1.29, 1.82) is 5.26 Å². The van der Waals surface area contributed by atoms with Crippen LogP contribution in [-0.4, -0.2) is 34.9 Å². The second-order valence-corrected chi connectivity index (χ2v) is 6.76. The maximum Gasteiger partial charge on any atom is 0.323 e. The molecule has 9 heteroatoms. The fourth-order valence-corrected chi connectivity index (χ4v) is 3.92. The Kier molecular flexibility index (Phi) is 4.36. The minimum atomic E-state index is -0.867. The predicted octanol–water partition coefficient (Wildman–Crippen LogP) is 1.86. The number of nitrogens with one attached hydrogen (secondary N) is 1. The summed E-state index contributed by atoms with van der Waals surface area (Å²) in [5.41, 5.74) is 1.37. The number of nitriles is 1. The van der Waals surface area contributed by atoms with Gasteiger partial charge in [-0.15, -0.1) is 22.7 Å². The molecule has 1 N–H and O–H groups in total. The Morgan fingerprint density at radius 1 is 1.48 bits per heavy atom. The van der Waals surface area contributed by atoms with Gasteiger partial charge in [-0.05, 0) is 6.92 Å². The van der Waals surface area contributed by atoms with Crippen LogP contribution in [0.15, 0.2) is 10.8 Å². The zero-order valence-electron chi connectivity index (χ0n) is 12.3. The van der Waals surface area contributed by atoms with Gasteiger partial charge in [-0.1, -0.05) is 0 Å². The normalized spacial score (nSPS) is 15.3. The standard InChI is InChI=1S/C14H13N5O2S2/c1-8-6-22-12(17-8)10(5-15)11(20)4-9-7-23-14(18-9)19-3-2-16-13(19)21/h6-7,10H,2-4H2,1H3,(H,16,21)/t10-/m0/s1. The Morgan fingerprint density at radius 3 is 2.91 bits per heavy atom. The molecule has 0 bridgehead atoms. The second-order valence-electron chi connectivity index (χ2n) is 5.04. The Balaban J connectivity index is 1.71. The van der Waals surface area contributed by atoms with E-state index in [-0.39, 0.29) is 18.2 Å². The number of anilines is 1. The van der Waals surface area contributed by atoms with Crippen LogP contribution in [0, 0.1) is 18.3 Å². The monoisotopic (exact) mass is 347 g/mol. The summed E-state index contributed by atoms with van der Waals surface area (Å²) in [6, 6.07) is 1.84. The Bertz CT molecular complexity index is 791. The summed E-state index contributed by atoms with van der Waals surface area (Å²) in [6.45, 7) is 2.98. The smallest absolute Gasteiger partial charge is 0.323 e. The van der Waals surface area contributed by atoms with Crippen LogP contribution >= 0.6 is 22.7 Å². The van der Waals surface area contributed by atoms with E-state index in [0.717, 1.165) is 5.69 Å². The van der Waals surface area contributed by atoms with Crippen LogP contribution in [-0.2, 0) is 11.2 Å². The van der Waals surface area contributed by atoms with E-state index in [2.05, 4.69) is 15.3 Å². The molecule has 3 heterocycles. The number of thiazole rings is 2. The molecule has 23 heavy (non-hydrogen) atoms.